The molecule has 0 saturated heterocycles. The van der Waals surface area contributed by atoms with Crippen LogP contribution >= 0.6 is 0 Å². The minimum Gasteiger partial charge on any atom is -0.452 e. The summed E-state index contributed by atoms with van der Waals surface area (Å²) in [6.45, 7) is -0.0323. The van der Waals surface area contributed by atoms with E-state index in [0.29, 0.717) is 11.8 Å². The predicted molar refractivity (Wildman–Crippen MR) is 52.0 cm³/mol. The highest BCUT2D eigenvalue weighted by molar-refractivity contribution is 5.78. The van der Waals surface area contributed by atoms with Gasteiger partial charge >= 0.3 is 6.18 Å². The summed E-state index contributed by atoms with van der Waals surface area (Å²) in [4.78, 5) is 0. The summed E-state index contributed by atoms with van der Waals surface area (Å²) in [6, 6.07) is 5.68. The van der Waals surface area contributed by atoms with Crippen LogP contribution in [0.2, 0.25) is 0 Å². The van der Waals surface area contributed by atoms with Crippen molar-refractivity contribution in [3.05, 3.63) is 35.6 Å². The molecule has 5 heteroatoms. The maximum atomic E-state index is 12.3. The lowest BCUT2D eigenvalue weighted by atomic mass is 10.1. The third-order valence-electron chi connectivity index (χ3n) is 2.26. The van der Waals surface area contributed by atoms with Crippen molar-refractivity contribution in [1.82, 2.24) is 0 Å². The van der Waals surface area contributed by atoms with E-state index >= 15 is 0 Å². The minimum absolute atomic E-state index is 0.0323. The number of alkyl halides is 3. The summed E-state index contributed by atoms with van der Waals surface area (Å²) in [5.74, 6) is -0.997. The fourth-order valence-electron chi connectivity index (χ4n) is 1.52. The standard InChI is InChI=1S/C11H9F3O2/c12-11(13,14)10-6-8-5-7(3-4-15)1-2-9(8)16-10/h1-2,5-6,15H,3-4H2. The molecule has 0 radical (unpaired) electrons. The maximum absolute atomic E-state index is 12.3. The molecule has 0 saturated carbocycles. The summed E-state index contributed by atoms with van der Waals surface area (Å²) >= 11 is 0. The number of halogens is 3. The van der Waals surface area contributed by atoms with Crippen LogP contribution in [0.25, 0.3) is 11.0 Å². The van der Waals surface area contributed by atoms with Gasteiger partial charge in [0.15, 0.2) is 0 Å². The number of fused-ring (bicyclic) bond motifs is 1. The molecule has 86 valence electrons. The Balaban J connectivity index is 2.46. The van der Waals surface area contributed by atoms with Gasteiger partial charge in [0.25, 0.3) is 0 Å². The molecule has 16 heavy (non-hydrogen) atoms. The fourth-order valence-corrected chi connectivity index (χ4v) is 1.52. The van der Waals surface area contributed by atoms with Crippen molar-refractivity contribution in [2.45, 2.75) is 12.6 Å². The summed E-state index contributed by atoms with van der Waals surface area (Å²) in [6.07, 6.45) is -4.04. The van der Waals surface area contributed by atoms with E-state index in [4.69, 9.17) is 5.11 Å². The van der Waals surface area contributed by atoms with E-state index in [9.17, 15) is 13.2 Å². The van der Waals surface area contributed by atoms with E-state index in [-0.39, 0.29) is 12.2 Å². The molecule has 1 aromatic heterocycles. The van der Waals surface area contributed by atoms with E-state index in [2.05, 4.69) is 4.42 Å². The van der Waals surface area contributed by atoms with Crippen LogP contribution < -0.4 is 0 Å². The van der Waals surface area contributed by atoms with Crippen molar-refractivity contribution >= 4 is 11.0 Å². The van der Waals surface area contributed by atoms with Crippen molar-refractivity contribution in [1.29, 1.82) is 0 Å². The molecule has 0 aliphatic carbocycles. The predicted octanol–water partition coefficient (Wildman–Crippen LogP) is 2.99. The number of aliphatic hydroxyl groups excluding tert-OH is 1. The van der Waals surface area contributed by atoms with Gasteiger partial charge in [0, 0.05) is 12.0 Å². The zero-order valence-corrected chi connectivity index (χ0v) is 8.21. The van der Waals surface area contributed by atoms with Crippen LogP contribution in [0.15, 0.2) is 28.7 Å². The summed E-state index contributed by atoms with van der Waals surface area (Å²) in [7, 11) is 0. The third-order valence-corrected chi connectivity index (χ3v) is 2.26. The number of furan rings is 1. The molecule has 0 fully saturated rings. The van der Waals surface area contributed by atoms with Gasteiger partial charge in [0.1, 0.15) is 5.58 Å². The van der Waals surface area contributed by atoms with Crippen LogP contribution in [0.4, 0.5) is 13.2 Å². The molecule has 0 aliphatic rings. The molecule has 1 aromatic carbocycles. The summed E-state index contributed by atoms with van der Waals surface area (Å²) in [5, 5.41) is 9.12. The Bertz CT molecular complexity index is 499. The SMILES string of the molecule is OCCc1ccc2oc(C(F)(F)F)cc2c1. The van der Waals surface area contributed by atoms with E-state index in [1.165, 1.54) is 6.07 Å². The molecule has 2 rings (SSSR count). The molecular weight excluding hydrogens is 221 g/mol. The molecule has 0 unspecified atom stereocenters. The Kier molecular flexibility index (Phi) is 2.63. The van der Waals surface area contributed by atoms with Gasteiger partial charge in [-0.3, -0.25) is 0 Å². The smallest absolute Gasteiger partial charge is 0.449 e. The van der Waals surface area contributed by atoms with Crippen LogP contribution in [0.5, 0.6) is 0 Å². The number of rotatable bonds is 2. The van der Waals surface area contributed by atoms with Gasteiger partial charge in [-0.2, -0.15) is 13.2 Å². The highest BCUT2D eigenvalue weighted by Crippen LogP contribution is 2.33. The second-order valence-corrected chi connectivity index (χ2v) is 3.45. The first kappa shape index (κ1) is 11.0. The Labute approximate surface area is 89.3 Å². The second kappa shape index (κ2) is 3.83. The third kappa shape index (κ3) is 2.04. The Morgan fingerprint density at radius 3 is 2.56 bits per heavy atom. The van der Waals surface area contributed by atoms with E-state index in [1.807, 2.05) is 0 Å². The second-order valence-electron chi connectivity index (χ2n) is 3.45. The Morgan fingerprint density at radius 2 is 1.94 bits per heavy atom. The van der Waals surface area contributed by atoms with Crippen LogP contribution in [0.3, 0.4) is 0 Å². The zero-order chi connectivity index (χ0) is 11.8. The zero-order valence-electron chi connectivity index (χ0n) is 8.21. The number of aliphatic hydroxyl groups is 1. The van der Waals surface area contributed by atoms with Gasteiger partial charge in [-0.25, -0.2) is 0 Å². The van der Waals surface area contributed by atoms with Gasteiger partial charge in [-0.05, 0) is 30.2 Å². The van der Waals surface area contributed by atoms with Crippen LogP contribution in [-0.4, -0.2) is 11.7 Å². The van der Waals surface area contributed by atoms with E-state index in [0.717, 1.165) is 11.6 Å². The largest absolute Gasteiger partial charge is 0.452 e. The first-order chi connectivity index (χ1) is 7.50. The molecule has 0 spiro atoms. The molecule has 0 amide bonds. The van der Waals surface area contributed by atoms with Crippen LogP contribution in [0.1, 0.15) is 11.3 Å². The van der Waals surface area contributed by atoms with Crippen molar-refractivity contribution in [3.63, 3.8) is 0 Å². The number of benzene rings is 1. The number of hydrogen-bond acceptors (Lipinski definition) is 2. The maximum Gasteiger partial charge on any atom is 0.449 e. The van der Waals surface area contributed by atoms with E-state index < -0.39 is 11.9 Å². The molecule has 0 atom stereocenters. The van der Waals surface area contributed by atoms with Crippen LogP contribution in [-0.2, 0) is 12.6 Å². The van der Waals surface area contributed by atoms with Gasteiger partial charge in [0.05, 0.1) is 0 Å². The first-order valence-electron chi connectivity index (χ1n) is 4.71. The Hall–Kier alpha value is -1.49. The van der Waals surface area contributed by atoms with Crippen LogP contribution in [0, 0.1) is 0 Å². The molecule has 2 nitrogen and oxygen atoms in total. The molecule has 2 aromatic rings. The van der Waals surface area contributed by atoms with Gasteiger partial charge in [-0.15, -0.1) is 0 Å². The van der Waals surface area contributed by atoms with Crippen molar-refractivity contribution in [2.24, 2.45) is 0 Å². The molecule has 0 aliphatic heterocycles. The molecule has 1 N–H and O–H groups in total. The van der Waals surface area contributed by atoms with Crippen molar-refractivity contribution in [3.8, 4) is 0 Å². The van der Waals surface area contributed by atoms with Gasteiger partial charge < -0.3 is 9.52 Å². The normalized spacial score (nSPS) is 12.2. The fraction of sp³-hybridized carbons (Fsp3) is 0.273. The van der Waals surface area contributed by atoms with Gasteiger partial charge in [-0.1, -0.05) is 6.07 Å². The van der Waals surface area contributed by atoms with Crippen molar-refractivity contribution < 1.29 is 22.7 Å². The molecular formula is C11H9F3O2. The topological polar surface area (TPSA) is 33.4 Å². The monoisotopic (exact) mass is 230 g/mol. The highest BCUT2D eigenvalue weighted by atomic mass is 19.4. The average molecular weight is 230 g/mol. The molecule has 0 bridgehead atoms. The minimum atomic E-state index is -4.46. The average Bonchev–Trinajstić information content (AvgIpc) is 2.60. The lowest BCUT2D eigenvalue weighted by Crippen LogP contribution is -2.01. The van der Waals surface area contributed by atoms with E-state index in [1.54, 1.807) is 12.1 Å². The lowest BCUT2D eigenvalue weighted by Gasteiger charge is -1.98. The summed E-state index contributed by atoms with van der Waals surface area (Å²) < 4.78 is 41.7. The van der Waals surface area contributed by atoms with Gasteiger partial charge in [0.2, 0.25) is 5.76 Å². The number of hydrogen-bond donors (Lipinski definition) is 1. The highest BCUT2D eigenvalue weighted by Gasteiger charge is 2.35. The summed E-state index contributed by atoms with van der Waals surface area (Å²) in [5.41, 5.74) is 0.985. The quantitative estimate of drug-likeness (QED) is 0.860. The van der Waals surface area contributed by atoms with Crippen molar-refractivity contribution in [2.75, 3.05) is 6.61 Å². The first-order valence-corrected chi connectivity index (χ1v) is 4.71. The Morgan fingerprint density at radius 1 is 1.19 bits per heavy atom. The molecule has 1 heterocycles. The lowest BCUT2D eigenvalue weighted by molar-refractivity contribution is -0.152.